The number of nitrogens with one attached hydrogen (secondary N) is 1. The van der Waals surface area contributed by atoms with E-state index in [-0.39, 0.29) is 11.3 Å². The molecule has 6 aromatic rings. The smallest absolute Gasteiger partial charge is 0.255 e. The van der Waals surface area contributed by atoms with Crippen LogP contribution in [0.15, 0.2) is 101 Å². The van der Waals surface area contributed by atoms with Crippen molar-refractivity contribution in [2.75, 3.05) is 0 Å². The molecule has 1 amide bonds. The number of hydrogen-bond donors (Lipinski definition) is 1. The number of thiophene rings is 1. The summed E-state index contributed by atoms with van der Waals surface area (Å²) in [5.74, 6) is 1.23. The van der Waals surface area contributed by atoms with E-state index in [1.165, 1.54) is 21.2 Å². The topological polar surface area (TPSA) is 59.5 Å². The lowest BCUT2D eigenvalue weighted by Gasteiger charge is -2.33. The Kier molecular flexibility index (Phi) is 7.47. The Balaban J connectivity index is 1.24. The predicted octanol–water partition coefficient (Wildman–Crippen LogP) is 9.33. The lowest BCUT2D eigenvalue weighted by atomic mass is 9.72. The summed E-state index contributed by atoms with van der Waals surface area (Å²) in [6.07, 6.45) is 8.74. The third-order valence-electron chi connectivity index (χ3n) is 9.06. The molecule has 0 saturated heterocycles. The summed E-state index contributed by atoms with van der Waals surface area (Å²) in [5, 5.41) is 7.54. The Morgan fingerprint density at radius 2 is 1.82 bits per heavy atom. The summed E-state index contributed by atoms with van der Waals surface area (Å²) in [7, 11) is 0. The van der Waals surface area contributed by atoms with Gasteiger partial charge in [0.05, 0.1) is 18.4 Å². The molecule has 3 aromatic carbocycles. The fraction of sp³-hybridized carbons (Fsp3) is 0.263. The number of hydrogen-bond acceptors (Lipinski definition) is 4. The zero-order valence-corrected chi connectivity index (χ0v) is 26.3. The minimum absolute atomic E-state index is 0.0846. The molecule has 0 aliphatic heterocycles. The summed E-state index contributed by atoms with van der Waals surface area (Å²) < 4.78 is 7.77. The van der Waals surface area contributed by atoms with Gasteiger partial charge in [-0.05, 0) is 70.7 Å². The van der Waals surface area contributed by atoms with E-state index in [9.17, 15) is 4.79 Å². The molecular weight excluding hydrogens is 563 g/mol. The number of nitrogens with zero attached hydrogens (tertiary/aromatic N) is 2. The van der Waals surface area contributed by atoms with E-state index in [1.54, 1.807) is 17.6 Å². The van der Waals surface area contributed by atoms with Crippen LogP contribution in [0.1, 0.15) is 64.9 Å². The van der Waals surface area contributed by atoms with Crippen molar-refractivity contribution in [3.8, 4) is 0 Å². The van der Waals surface area contributed by atoms with Crippen molar-refractivity contribution < 1.29 is 9.21 Å². The van der Waals surface area contributed by atoms with Gasteiger partial charge in [0.15, 0.2) is 0 Å². The number of para-hydroxylation sites is 1. The van der Waals surface area contributed by atoms with E-state index >= 15 is 0 Å². The highest BCUT2D eigenvalue weighted by Gasteiger charge is 2.33. The number of aliphatic imine (C=N–C) groups is 1. The zero-order valence-electron chi connectivity index (χ0n) is 25.5. The second-order valence-corrected chi connectivity index (χ2v) is 14.0. The van der Waals surface area contributed by atoms with Gasteiger partial charge in [-0.25, -0.2) is 4.99 Å². The van der Waals surface area contributed by atoms with E-state index in [0.29, 0.717) is 12.5 Å². The van der Waals surface area contributed by atoms with Crippen LogP contribution in [0.4, 0.5) is 5.00 Å². The number of fused-ring (bicyclic) bond motifs is 3. The van der Waals surface area contributed by atoms with Gasteiger partial charge in [0.2, 0.25) is 0 Å². The van der Waals surface area contributed by atoms with Crippen LogP contribution in [-0.2, 0) is 25.9 Å². The number of benzene rings is 3. The van der Waals surface area contributed by atoms with E-state index < -0.39 is 0 Å². The molecule has 3 heterocycles. The molecule has 0 spiro atoms. The van der Waals surface area contributed by atoms with Gasteiger partial charge < -0.3 is 14.3 Å². The van der Waals surface area contributed by atoms with Gasteiger partial charge in [-0.15, -0.1) is 11.3 Å². The molecule has 0 unspecified atom stereocenters. The van der Waals surface area contributed by atoms with E-state index in [2.05, 4.69) is 104 Å². The van der Waals surface area contributed by atoms with Gasteiger partial charge in [-0.1, -0.05) is 81.4 Å². The molecule has 44 heavy (non-hydrogen) atoms. The largest absolute Gasteiger partial charge is 0.467 e. The SMILES string of the molecule is CC(C)(C)[C@H]1CCc2c(sc(N=Cc3cn(Cc4cccc5ccccc45)c4ccccc34)c2C(=O)NCc2ccco2)C1. The molecule has 1 N–H and O–H groups in total. The fourth-order valence-electron chi connectivity index (χ4n) is 6.56. The fourth-order valence-corrected chi connectivity index (χ4v) is 7.82. The molecule has 1 aliphatic rings. The van der Waals surface area contributed by atoms with Crippen molar-refractivity contribution in [2.24, 2.45) is 16.3 Å². The Hall–Kier alpha value is -4.42. The van der Waals surface area contributed by atoms with Crippen molar-refractivity contribution in [3.63, 3.8) is 0 Å². The van der Waals surface area contributed by atoms with Crippen molar-refractivity contribution in [2.45, 2.75) is 53.1 Å². The molecule has 0 radical (unpaired) electrons. The van der Waals surface area contributed by atoms with Gasteiger partial charge in [-0.3, -0.25) is 4.79 Å². The molecule has 6 heteroatoms. The minimum Gasteiger partial charge on any atom is -0.467 e. The highest BCUT2D eigenvalue weighted by molar-refractivity contribution is 7.16. The summed E-state index contributed by atoms with van der Waals surface area (Å²) in [6, 6.07) is 27.3. The van der Waals surface area contributed by atoms with Gasteiger partial charge in [0.25, 0.3) is 5.91 Å². The van der Waals surface area contributed by atoms with E-state index in [0.717, 1.165) is 64.2 Å². The third kappa shape index (κ3) is 5.50. The Labute approximate surface area is 262 Å². The van der Waals surface area contributed by atoms with Gasteiger partial charge in [0, 0.05) is 40.3 Å². The van der Waals surface area contributed by atoms with E-state index in [1.807, 2.05) is 18.3 Å². The minimum atomic E-state index is -0.0846. The summed E-state index contributed by atoms with van der Waals surface area (Å²) in [6.45, 7) is 8.07. The summed E-state index contributed by atoms with van der Waals surface area (Å²) >= 11 is 1.68. The van der Waals surface area contributed by atoms with Gasteiger partial charge in [-0.2, -0.15) is 0 Å². The standard InChI is InChI=1S/C38H37N3O2S/c1-38(2,3)28-17-18-32-34(20-28)44-37(35(32)36(42)39-22-29-13-9-19-43-29)40-21-27-24-41(33-16-7-6-15-31(27)33)23-26-12-8-11-25-10-4-5-14-30(25)26/h4-16,19,21,24,28H,17-18,20,22-23H2,1-3H3,(H,39,42)/t28-/m0/s1. The number of rotatable bonds is 7. The molecule has 7 rings (SSSR count). The molecule has 222 valence electrons. The third-order valence-corrected chi connectivity index (χ3v) is 10.2. The lowest BCUT2D eigenvalue weighted by Crippen LogP contribution is -2.28. The van der Waals surface area contributed by atoms with Crippen LogP contribution in [0, 0.1) is 11.3 Å². The molecule has 5 nitrogen and oxygen atoms in total. The zero-order chi connectivity index (χ0) is 30.3. The average Bonchev–Trinajstić information content (AvgIpc) is 3.76. The van der Waals surface area contributed by atoms with Crippen molar-refractivity contribution in [1.82, 2.24) is 9.88 Å². The van der Waals surface area contributed by atoms with Crippen molar-refractivity contribution in [1.29, 1.82) is 0 Å². The van der Waals surface area contributed by atoms with Crippen molar-refractivity contribution >= 4 is 50.1 Å². The van der Waals surface area contributed by atoms with Crippen LogP contribution >= 0.6 is 11.3 Å². The molecule has 0 saturated carbocycles. The van der Waals surface area contributed by atoms with Crippen molar-refractivity contribution in [3.05, 3.63) is 124 Å². The quantitative estimate of drug-likeness (QED) is 0.186. The van der Waals surface area contributed by atoms with Crippen LogP contribution in [-0.4, -0.2) is 16.7 Å². The lowest BCUT2D eigenvalue weighted by molar-refractivity contribution is 0.0947. The average molecular weight is 600 g/mol. The first-order valence-electron chi connectivity index (χ1n) is 15.4. The second kappa shape index (κ2) is 11.6. The molecule has 0 bridgehead atoms. The predicted molar refractivity (Wildman–Crippen MR) is 181 cm³/mol. The first-order chi connectivity index (χ1) is 21.3. The Morgan fingerprint density at radius 1 is 1.02 bits per heavy atom. The van der Waals surface area contributed by atoms with Crippen LogP contribution < -0.4 is 5.32 Å². The first-order valence-corrected chi connectivity index (χ1v) is 16.2. The molecule has 1 atom stereocenters. The Morgan fingerprint density at radius 3 is 2.64 bits per heavy atom. The van der Waals surface area contributed by atoms with Crippen LogP contribution in [0.2, 0.25) is 0 Å². The van der Waals surface area contributed by atoms with Crippen LogP contribution in [0.3, 0.4) is 0 Å². The van der Waals surface area contributed by atoms with Crippen LogP contribution in [0.5, 0.6) is 0 Å². The monoisotopic (exact) mass is 599 g/mol. The number of carbonyl (C=O) groups is 1. The maximum absolute atomic E-state index is 13.7. The highest BCUT2D eigenvalue weighted by atomic mass is 32.1. The molecule has 3 aromatic heterocycles. The summed E-state index contributed by atoms with van der Waals surface area (Å²) in [4.78, 5) is 20.0. The maximum Gasteiger partial charge on any atom is 0.255 e. The molecule has 0 fully saturated rings. The number of aromatic nitrogens is 1. The molecule has 1 aliphatic carbocycles. The van der Waals surface area contributed by atoms with Gasteiger partial charge in [0.1, 0.15) is 10.8 Å². The number of carbonyl (C=O) groups excluding carboxylic acids is 1. The summed E-state index contributed by atoms with van der Waals surface area (Å²) in [5.41, 5.74) is 5.59. The van der Waals surface area contributed by atoms with Crippen LogP contribution in [0.25, 0.3) is 21.7 Å². The Bertz CT molecular complexity index is 1980. The van der Waals surface area contributed by atoms with Gasteiger partial charge >= 0.3 is 0 Å². The first kappa shape index (κ1) is 28.4. The number of amides is 1. The highest BCUT2D eigenvalue weighted by Crippen LogP contribution is 2.45. The maximum atomic E-state index is 13.7. The second-order valence-electron chi connectivity index (χ2n) is 12.9. The number of furan rings is 1. The molecular formula is C38H37N3O2S. The normalized spacial score (nSPS) is 15.3. The van der Waals surface area contributed by atoms with E-state index in [4.69, 9.17) is 9.41 Å².